The molecule has 10 aliphatic heterocycles. The molecule has 74 heavy (non-hydrogen) atoms. The number of rotatable bonds is 10. The zero-order valence-corrected chi connectivity index (χ0v) is 53.6. The summed E-state index contributed by atoms with van der Waals surface area (Å²) in [6.07, 6.45) is 35.1. The molecule has 0 saturated carbocycles. The van der Waals surface area contributed by atoms with Crippen molar-refractivity contribution >= 4 is 0 Å². The van der Waals surface area contributed by atoms with Gasteiger partial charge in [0.25, 0.3) is 0 Å². The summed E-state index contributed by atoms with van der Waals surface area (Å²) in [5.74, 6) is 9.45. The van der Waals surface area contributed by atoms with Crippen LogP contribution < -0.4 is 0 Å². The molecule has 0 N–H and O–H groups in total. The van der Waals surface area contributed by atoms with E-state index in [1.165, 1.54) is 154 Å². The van der Waals surface area contributed by atoms with Gasteiger partial charge >= 0.3 is 0 Å². The highest BCUT2D eigenvalue weighted by Crippen LogP contribution is 2.46. The fourth-order valence-corrected chi connectivity index (χ4v) is 19.0. The molecule has 0 aromatic rings. The summed E-state index contributed by atoms with van der Waals surface area (Å²) in [4.78, 5) is 14.1. The van der Waals surface area contributed by atoms with Gasteiger partial charge in [-0.1, -0.05) is 94.9 Å². The minimum atomic E-state index is 0.758. The van der Waals surface area contributed by atoms with Gasteiger partial charge in [-0.15, -0.1) is 0 Å². The molecule has 0 aromatic heterocycles. The molecule has 434 valence electrons. The third kappa shape index (κ3) is 16.3. The maximum Gasteiger partial charge on any atom is 0.0104 e. The molecule has 10 heterocycles. The average molecular weight is 1030 g/mol. The van der Waals surface area contributed by atoms with Crippen LogP contribution in [0.25, 0.3) is 0 Å². The van der Waals surface area contributed by atoms with Crippen LogP contribution in [-0.4, -0.2) is 115 Å². The summed E-state index contributed by atoms with van der Waals surface area (Å²) in [5.41, 5.74) is 0. The zero-order valence-electron chi connectivity index (χ0n) is 53.6. The number of nitrogens with zero attached hydrogens (tertiary/aromatic N) is 5. The van der Waals surface area contributed by atoms with Crippen molar-refractivity contribution in [3.63, 3.8) is 0 Å². The third-order valence-corrected chi connectivity index (χ3v) is 22.8. The van der Waals surface area contributed by atoms with Crippen LogP contribution in [0.1, 0.15) is 293 Å². The van der Waals surface area contributed by atoms with Gasteiger partial charge in [-0.25, -0.2) is 0 Å². The average Bonchev–Trinajstić information content (AvgIpc) is 3.59. The second kappa shape index (κ2) is 29.0. The second-order valence-corrected chi connectivity index (χ2v) is 30.9. The number of hydrogen-bond donors (Lipinski definition) is 0. The first-order chi connectivity index (χ1) is 35.0. The second-order valence-electron chi connectivity index (χ2n) is 30.9. The van der Waals surface area contributed by atoms with Crippen LogP contribution >= 0.6 is 0 Å². The lowest BCUT2D eigenvalue weighted by atomic mass is 9.73. The van der Waals surface area contributed by atoms with Gasteiger partial charge in [-0.3, -0.25) is 24.5 Å². The van der Waals surface area contributed by atoms with Crippen molar-refractivity contribution in [3.05, 3.63) is 0 Å². The van der Waals surface area contributed by atoms with Crippen LogP contribution in [0.2, 0.25) is 0 Å². The maximum atomic E-state index is 2.82. The molecular weight excluding hydrogens is 899 g/mol. The quantitative estimate of drug-likeness (QED) is 0.216. The van der Waals surface area contributed by atoms with E-state index in [1.807, 2.05) is 0 Å². The van der Waals surface area contributed by atoms with Crippen molar-refractivity contribution in [1.82, 2.24) is 24.5 Å². The first kappa shape index (κ1) is 63.0. The molecule has 0 aliphatic carbocycles. The molecule has 10 fully saturated rings. The minimum Gasteiger partial charge on any atom is -0.295 e. The van der Waals surface area contributed by atoms with Gasteiger partial charge < -0.3 is 0 Å². The molecule has 10 aliphatic rings. The molecule has 0 spiro atoms. The summed E-state index contributed by atoms with van der Waals surface area (Å²) < 4.78 is 0. The Balaban J connectivity index is 0.000000151. The molecule has 0 radical (unpaired) electrons. The Morgan fingerprint density at radius 3 is 0.419 bits per heavy atom. The van der Waals surface area contributed by atoms with Crippen LogP contribution in [-0.2, 0) is 0 Å². The van der Waals surface area contributed by atoms with E-state index in [2.05, 4.69) is 163 Å². The molecule has 8 unspecified atom stereocenters. The molecule has 5 heteroatoms. The number of hydrogen-bond acceptors (Lipinski definition) is 5. The topological polar surface area (TPSA) is 16.2 Å². The van der Waals surface area contributed by atoms with Crippen LogP contribution in [0.5, 0.6) is 0 Å². The summed E-state index contributed by atoms with van der Waals surface area (Å²) >= 11 is 0. The lowest BCUT2D eigenvalue weighted by molar-refractivity contribution is -0.0195. The van der Waals surface area contributed by atoms with Crippen LogP contribution in [0.4, 0.5) is 0 Å². The third-order valence-electron chi connectivity index (χ3n) is 22.8. The molecule has 10 rings (SSSR count). The Morgan fingerprint density at radius 2 is 0.311 bits per heavy atom. The van der Waals surface area contributed by atoms with E-state index >= 15 is 0 Å². The van der Waals surface area contributed by atoms with Gasteiger partial charge in [0.2, 0.25) is 0 Å². The van der Waals surface area contributed by atoms with Crippen molar-refractivity contribution < 1.29 is 0 Å². The summed E-state index contributed by atoms with van der Waals surface area (Å²) in [7, 11) is 0. The monoisotopic (exact) mass is 1030 g/mol. The fourth-order valence-electron chi connectivity index (χ4n) is 19.0. The minimum absolute atomic E-state index is 0.758. The normalized spacial score (nSPS) is 37.8. The van der Waals surface area contributed by atoms with Crippen LogP contribution in [0, 0.1) is 59.2 Å². The Bertz CT molecular complexity index is 1310. The van der Waals surface area contributed by atoms with Crippen molar-refractivity contribution in [1.29, 1.82) is 0 Å². The van der Waals surface area contributed by atoms with Gasteiger partial charge in [-0.05, 0) is 257 Å². The molecule has 5 nitrogen and oxygen atoms in total. The lowest BCUT2D eigenvalue weighted by Crippen LogP contribution is -2.55. The number of piperidine rings is 9. The van der Waals surface area contributed by atoms with Crippen molar-refractivity contribution in [2.75, 3.05) is 0 Å². The highest BCUT2D eigenvalue weighted by Gasteiger charge is 2.45. The molecular formula is C69H133N5. The van der Waals surface area contributed by atoms with E-state index < -0.39 is 0 Å². The maximum absolute atomic E-state index is 2.82. The Labute approximate surface area is 464 Å². The smallest absolute Gasteiger partial charge is 0.0104 e. The van der Waals surface area contributed by atoms with E-state index in [0.717, 1.165) is 150 Å². The zero-order chi connectivity index (χ0) is 54.3. The van der Waals surface area contributed by atoms with Crippen molar-refractivity contribution in [3.8, 4) is 0 Å². The standard InChI is InChI=1S/4C14H27N.C13H25N/c4*1-10(2)12-8-13-6-5-7-14(9-12)15(13)11(3)4;1-9(2)11-7-12-5-6-13(8-11)14(12)10(3)4/h4*10-14H,5-9H2,1-4H3;9-13H,5-8H2,1-4H3/t2*12?,13-,14+;;;. The van der Waals surface area contributed by atoms with Crippen LogP contribution in [0.3, 0.4) is 0 Å². The van der Waals surface area contributed by atoms with Gasteiger partial charge in [0.1, 0.15) is 0 Å². The van der Waals surface area contributed by atoms with E-state index in [9.17, 15) is 0 Å². The summed E-state index contributed by atoms with van der Waals surface area (Å²) in [5, 5.41) is 0. The van der Waals surface area contributed by atoms with Gasteiger partial charge in [-0.2, -0.15) is 0 Å². The van der Waals surface area contributed by atoms with Crippen LogP contribution in [0.15, 0.2) is 0 Å². The molecule has 0 amide bonds. The van der Waals surface area contributed by atoms with E-state index in [-0.39, 0.29) is 0 Å². The predicted octanol–water partition coefficient (Wildman–Crippen LogP) is 18.0. The Morgan fingerprint density at radius 1 is 0.189 bits per heavy atom. The van der Waals surface area contributed by atoms with Gasteiger partial charge in [0.15, 0.2) is 0 Å². The first-order valence-corrected chi connectivity index (χ1v) is 33.8. The van der Waals surface area contributed by atoms with Gasteiger partial charge in [0.05, 0.1) is 0 Å². The molecule has 10 saturated heterocycles. The number of fused-ring (bicyclic) bond motifs is 10. The highest BCUT2D eigenvalue weighted by molar-refractivity contribution is 4.99. The van der Waals surface area contributed by atoms with E-state index in [0.29, 0.717) is 0 Å². The van der Waals surface area contributed by atoms with Crippen molar-refractivity contribution in [2.24, 2.45) is 59.2 Å². The van der Waals surface area contributed by atoms with Gasteiger partial charge in [0, 0.05) is 90.6 Å². The predicted molar refractivity (Wildman–Crippen MR) is 325 cm³/mol. The molecule has 10 bridgehead atoms. The SMILES string of the molecule is CC(C)C1CC2CCC(C1)N2C(C)C.CC(C)C1CC2CCCC(C1)N2C(C)C.CC(C)C1CC2CCCC(C1)N2C(C)C.CC(C)C1C[C@H]2CCC[C@@H](C1)N2C(C)C.CC(C)C1C[C@H]2CCC[C@@H](C1)N2C(C)C. The van der Waals surface area contributed by atoms with E-state index in [1.54, 1.807) is 0 Å². The highest BCUT2D eigenvalue weighted by atomic mass is 15.3. The summed E-state index contributed by atoms with van der Waals surface area (Å²) in [6.45, 7) is 47.8. The largest absolute Gasteiger partial charge is 0.295 e. The van der Waals surface area contributed by atoms with E-state index in [4.69, 9.17) is 0 Å². The Hall–Kier alpha value is -0.200. The molecule has 12 atom stereocenters. The van der Waals surface area contributed by atoms with Crippen molar-refractivity contribution in [2.45, 2.75) is 383 Å². The lowest BCUT2D eigenvalue weighted by Gasteiger charge is -2.52. The molecule has 0 aromatic carbocycles. The Kier molecular flexibility index (Phi) is 24.7. The summed E-state index contributed by atoms with van der Waals surface area (Å²) in [6, 6.07) is 12.9. The first-order valence-electron chi connectivity index (χ1n) is 33.8. The fraction of sp³-hybridized carbons (Fsp3) is 1.00.